The van der Waals surface area contributed by atoms with Crippen molar-refractivity contribution in [3.63, 3.8) is 0 Å². The summed E-state index contributed by atoms with van der Waals surface area (Å²) in [7, 11) is 0. The van der Waals surface area contributed by atoms with E-state index in [2.05, 4.69) is 42.3 Å². The van der Waals surface area contributed by atoms with E-state index in [1.165, 1.54) is 16.8 Å². The Balaban J connectivity index is 2.18. The lowest BCUT2D eigenvalue weighted by atomic mass is 9.96. The van der Waals surface area contributed by atoms with E-state index in [1.807, 2.05) is 6.92 Å². The number of primary amides is 1. The fourth-order valence-corrected chi connectivity index (χ4v) is 3.00. The van der Waals surface area contributed by atoms with E-state index in [0.717, 1.165) is 25.9 Å². The molecule has 2 atom stereocenters. The third-order valence-electron chi connectivity index (χ3n) is 4.31. The Labute approximate surface area is 127 Å². The van der Waals surface area contributed by atoms with Gasteiger partial charge in [0.2, 0.25) is 5.91 Å². The molecule has 0 saturated carbocycles. The smallest absolute Gasteiger partial charge is 0.222 e. The quantitative estimate of drug-likeness (QED) is 0.844. The standard InChI is InChI=1S/C17H27N3O/c1-4-19-13(3)14-7-8-16-15(10-14)6-5-9-20(16)11-12(2)17(18)21/h7-8,10,12-13,19H,4-6,9,11H2,1-3H3,(H2,18,21). The molecule has 1 heterocycles. The second-order valence-electron chi connectivity index (χ2n) is 6.02. The topological polar surface area (TPSA) is 58.4 Å². The summed E-state index contributed by atoms with van der Waals surface area (Å²) in [5, 5.41) is 3.45. The monoisotopic (exact) mass is 289 g/mol. The highest BCUT2D eigenvalue weighted by molar-refractivity contribution is 5.77. The van der Waals surface area contributed by atoms with Crippen LogP contribution in [0.15, 0.2) is 18.2 Å². The average Bonchev–Trinajstić information content (AvgIpc) is 2.47. The van der Waals surface area contributed by atoms with Crippen LogP contribution in [0, 0.1) is 5.92 Å². The predicted octanol–water partition coefficient (Wildman–Crippen LogP) is 2.23. The number of hydrogen-bond donors (Lipinski definition) is 2. The Morgan fingerprint density at radius 3 is 2.86 bits per heavy atom. The molecule has 1 aromatic rings. The van der Waals surface area contributed by atoms with E-state index in [9.17, 15) is 4.79 Å². The van der Waals surface area contributed by atoms with Gasteiger partial charge in [-0.3, -0.25) is 4.79 Å². The van der Waals surface area contributed by atoms with E-state index in [1.54, 1.807) is 0 Å². The van der Waals surface area contributed by atoms with Crippen molar-refractivity contribution in [3.8, 4) is 0 Å². The van der Waals surface area contributed by atoms with Crippen molar-refractivity contribution in [2.45, 2.75) is 39.7 Å². The highest BCUT2D eigenvalue weighted by Gasteiger charge is 2.21. The summed E-state index contributed by atoms with van der Waals surface area (Å²) in [6, 6.07) is 7.08. The van der Waals surface area contributed by atoms with Crippen molar-refractivity contribution in [2.24, 2.45) is 11.7 Å². The van der Waals surface area contributed by atoms with E-state index in [0.29, 0.717) is 12.6 Å². The normalized spacial score (nSPS) is 17.2. The fraction of sp³-hybridized carbons (Fsp3) is 0.588. The van der Waals surface area contributed by atoms with Crippen LogP contribution in [0.5, 0.6) is 0 Å². The van der Waals surface area contributed by atoms with Crippen molar-refractivity contribution in [1.82, 2.24) is 5.32 Å². The third kappa shape index (κ3) is 3.76. The van der Waals surface area contributed by atoms with Crippen LogP contribution >= 0.6 is 0 Å². The molecular formula is C17H27N3O. The number of fused-ring (bicyclic) bond motifs is 1. The molecule has 4 nitrogen and oxygen atoms in total. The number of nitrogens with two attached hydrogens (primary N) is 1. The Hall–Kier alpha value is -1.55. The van der Waals surface area contributed by atoms with Gasteiger partial charge in [-0.1, -0.05) is 26.0 Å². The Morgan fingerprint density at radius 2 is 2.19 bits per heavy atom. The van der Waals surface area contributed by atoms with Crippen LogP contribution in [0.4, 0.5) is 5.69 Å². The lowest BCUT2D eigenvalue weighted by molar-refractivity contribution is -0.121. The van der Waals surface area contributed by atoms with Crippen LogP contribution in [0.3, 0.4) is 0 Å². The first kappa shape index (κ1) is 15.8. The number of nitrogens with zero attached hydrogens (tertiary/aromatic N) is 1. The second-order valence-corrected chi connectivity index (χ2v) is 6.02. The van der Waals surface area contributed by atoms with Crippen molar-refractivity contribution in [2.75, 3.05) is 24.5 Å². The molecular weight excluding hydrogens is 262 g/mol. The molecule has 3 N–H and O–H groups in total. The Kier molecular flexibility index (Phi) is 5.23. The SMILES string of the molecule is CCNC(C)c1ccc2c(c1)CCCN2CC(C)C(N)=O. The van der Waals surface area contributed by atoms with Crippen LogP contribution in [0.2, 0.25) is 0 Å². The molecule has 2 rings (SSSR count). The molecule has 0 saturated heterocycles. The number of carbonyl (C=O) groups is 1. The minimum Gasteiger partial charge on any atom is -0.371 e. The molecule has 0 aliphatic carbocycles. The maximum Gasteiger partial charge on any atom is 0.222 e. The molecule has 0 spiro atoms. The molecule has 1 aromatic carbocycles. The molecule has 1 aliphatic rings. The zero-order valence-corrected chi connectivity index (χ0v) is 13.4. The van der Waals surface area contributed by atoms with Gasteiger partial charge in [-0.05, 0) is 43.5 Å². The number of benzene rings is 1. The Morgan fingerprint density at radius 1 is 1.43 bits per heavy atom. The summed E-state index contributed by atoms with van der Waals surface area (Å²) >= 11 is 0. The average molecular weight is 289 g/mol. The summed E-state index contributed by atoms with van der Waals surface area (Å²) in [5.41, 5.74) is 9.38. The van der Waals surface area contributed by atoms with Crippen LogP contribution in [-0.2, 0) is 11.2 Å². The number of rotatable bonds is 6. The van der Waals surface area contributed by atoms with Gasteiger partial charge in [0.1, 0.15) is 0 Å². The molecule has 116 valence electrons. The van der Waals surface area contributed by atoms with E-state index < -0.39 is 0 Å². The van der Waals surface area contributed by atoms with Crippen molar-refractivity contribution in [3.05, 3.63) is 29.3 Å². The van der Waals surface area contributed by atoms with Gasteiger partial charge in [0.05, 0.1) is 5.92 Å². The summed E-state index contributed by atoms with van der Waals surface area (Å²) in [6.07, 6.45) is 2.25. The Bertz CT molecular complexity index is 501. The fourth-order valence-electron chi connectivity index (χ4n) is 3.00. The summed E-state index contributed by atoms with van der Waals surface area (Å²) in [6.45, 7) is 8.92. The number of nitrogens with one attached hydrogen (secondary N) is 1. The zero-order valence-electron chi connectivity index (χ0n) is 13.4. The summed E-state index contributed by atoms with van der Waals surface area (Å²) < 4.78 is 0. The van der Waals surface area contributed by atoms with Gasteiger partial charge in [-0.25, -0.2) is 0 Å². The minimum atomic E-state index is -0.223. The number of amides is 1. The molecule has 2 unspecified atom stereocenters. The van der Waals surface area contributed by atoms with Gasteiger partial charge in [0.15, 0.2) is 0 Å². The number of anilines is 1. The van der Waals surface area contributed by atoms with Crippen LogP contribution < -0.4 is 16.0 Å². The van der Waals surface area contributed by atoms with Gasteiger partial charge < -0.3 is 16.0 Å². The predicted molar refractivity (Wildman–Crippen MR) is 87.4 cm³/mol. The third-order valence-corrected chi connectivity index (χ3v) is 4.31. The highest BCUT2D eigenvalue weighted by Crippen LogP contribution is 2.30. The van der Waals surface area contributed by atoms with Crippen LogP contribution in [0.25, 0.3) is 0 Å². The van der Waals surface area contributed by atoms with Gasteiger partial charge in [-0.15, -0.1) is 0 Å². The first-order valence-corrected chi connectivity index (χ1v) is 7.93. The lowest BCUT2D eigenvalue weighted by Crippen LogP contribution is -2.37. The minimum absolute atomic E-state index is 0.115. The molecule has 1 amide bonds. The summed E-state index contributed by atoms with van der Waals surface area (Å²) in [5.74, 6) is -0.337. The van der Waals surface area contributed by atoms with Gasteiger partial charge >= 0.3 is 0 Å². The highest BCUT2D eigenvalue weighted by atomic mass is 16.1. The van der Waals surface area contributed by atoms with Gasteiger partial charge in [0, 0.05) is 24.8 Å². The molecule has 4 heteroatoms. The first-order chi connectivity index (χ1) is 10.0. The van der Waals surface area contributed by atoms with Crippen molar-refractivity contribution < 1.29 is 4.79 Å². The zero-order chi connectivity index (χ0) is 15.4. The molecule has 0 fully saturated rings. The maximum atomic E-state index is 11.3. The molecule has 21 heavy (non-hydrogen) atoms. The van der Waals surface area contributed by atoms with E-state index in [4.69, 9.17) is 5.73 Å². The van der Waals surface area contributed by atoms with Gasteiger partial charge in [0.25, 0.3) is 0 Å². The summed E-state index contributed by atoms with van der Waals surface area (Å²) in [4.78, 5) is 13.6. The molecule has 0 bridgehead atoms. The second kappa shape index (κ2) is 6.94. The number of hydrogen-bond acceptors (Lipinski definition) is 3. The largest absolute Gasteiger partial charge is 0.371 e. The van der Waals surface area contributed by atoms with Crippen molar-refractivity contribution in [1.29, 1.82) is 0 Å². The van der Waals surface area contributed by atoms with Crippen molar-refractivity contribution >= 4 is 11.6 Å². The van der Waals surface area contributed by atoms with E-state index >= 15 is 0 Å². The molecule has 1 aliphatic heterocycles. The number of carbonyl (C=O) groups excluding carboxylic acids is 1. The maximum absolute atomic E-state index is 11.3. The molecule has 0 aromatic heterocycles. The van der Waals surface area contributed by atoms with Crippen LogP contribution in [-0.4, -0.2) is 25.5 Å². The first-order valence-electron chi connectivity index (χ1n) is 7.93. The number of aryl methyl sites for hydroxylation is 1. The molecule has 0 radical (unpaired) electrons. The van der Waals surface area contributed by atoms with Crippen LogP contribution in [0.1, 0.15) is 44.4 Å². The van der Waals surface area contributed by atoms with E-state index in [-0.39, 0.29) is 11.8 Å². The van der Waals surface area contributed by atoms with Gasteiger partial charge in [-0.2, -0.15) is 0 Å². The lowest BCUT2D eigenvalue weighted by Gasteiger charge is -2.33.